The van der Waals surface area contributed by atoms with Crippen molar-refractivity contribution in [3.05, 3.63) is 0 Å². The fourth-order valence-corrected chi connectivity index (χ4v) is 2.87. The Labute approximate surface area is 86.4 Å². The predicted molar refractivity (Wildman–Crippen MR) is 56.2 cm³/mol. The van der Waals surface area contributed by atoms with Gasteiger partial charge in [-0.2, -0.15) is 0 Å². The summed E-state index contributed by atoms with van der Waals surface area (Å²) in [6.45, 7) is 3.34. The lowest BCUT2D eigenvalue weighted by molar-refractivity contribution is 0.108. The fourth-order valence-electron chi connectivity index (χ4n) is 2.87. The van der Waals surface area contributed by atoms with Gasteiger partial charge in [-0.1, -0.05) is 0 Å². The van der Waals surface area contributed by atoms with Crippen LogP contribution >= 0.6 is 0 Å². The zero-order chi connectivity index (χ0) is 9.43. The number of nitrogens with one attached hydrogen (secondary N) is 1. The Morgan fingerprint density at radius 1 is 1.21 bits per heavy atom. The van der Waals surface area contributed by atoms with Gasteiger partial charge in [-0.15, -0.1) is 0 Å². The van der Waals surface area contributed by atoms with Crippen LogP contribution in [0.5, 0.6) is 0 Å². The van der Waals surface area contributed by atoms with Crippen LogP contribution in [0.2, 0.25) is 0 Å². The molecule has 2 saturated carbocycles. The van der Waals surface area contributed by atoms with Crippen LogP contribution in [-0.2, 0) is 4.74 Å². The molecule has 2 heteroatoms. The average molecular weight is 195 g/mol. The summed E-state index contributed by atoms with van der Waals surface area (Å²) < 4.78 is 5.60. The summed E-state index contributed by atoms with van der Waals surface area (Å²) in [6.07, 6.45) is 9.02. The summed E-state index contributed by atoms with van der Waals surface area (Å²) in [4.78, 5) is 0. The van der Waals surface area contributed by atoms with Crippen LogP contribution in [0.25, 0.3) is 0 Å². The molecule has 1 N–H and O–H groups in total. The van der Waals surface area contributed by atoms with Crippen LogP contribution in [0.3, 0.4) is 0 Å². The van der Waals surface area contributed by atoms with Gasteiger partial charge < -0.3 is 10.1 Å². The molecule has 3 aliphatic rings. The molecule has 0 spiro atoms. The van der Waals surface area contributed by atoms with Crippen molar-refractivity contribution in [2.24, 2.45) is 11.3 Å². The van der Waals surface area contributed by atoms with Crippen LogP contribution in [-0.4, -0.2) is 25.8 Å². The lowest BCUT2D eigenvalue weighted by Gasteiger charge is -2.17. The minimum Gasteiger partial charge on any atom is -0.377 e. The molecule has 0 bridgehead atoms. The minimum absolute atomic E-state index is 0.519. The monoisotopic (exact) mass is 195 g/mol. The van der Waals surface area contributed by atoms with Gasteiger partial charge in [0.05, 0.1) is 6.10 Å². The minimum atomic E-state index is 0.519. The van der Waals surface area contributed by atoms with Crippen LogP contribution in [0.1, 0.15) is 38.5 Å². The number of ether oxygens (including phenoxy) is 1. The molecule has 3 rings (SSSR count). The first-order valence-corrected chi connectivity index (χ1v) is 6.21. The molecule has 1 unspecified atom stereocenters. The van der Waals surface area contributed by atoms with Crippen molar-refractivity contribution in [2.75, 3.05) is 19.7 Å². The Bertz CT molecular complexity index is 202. The summed E-state index contributed by atoms with van der Waals surface area (Å²) in [5, 5.41) is 3.63. The average Bonchev–Trinajstić information content (AvgIpc) is 3.07. The van der Waals surface area contributed by atoms with Gasteiger partial charge in [-0.05, 0) is 49.9 Å². The molecule has 0 radical (unpaired) electrons. The van der Waals surface area contributed by atoms with Crippen molar-refractivity contribution >= 4 is 0 Å². The van der Waals surface area contributed by atoms with Crippen LogP contribution < -0.4 is 5.32 Å². The van der Waals surface area contributed by atoms with Crippen molar-refractivity contribution in [2.45, 2.75) is 44.6 Å². The van der Waals surface area contributed by atoms with Gasteiger partial charge in [-0.3, -0.25) is 0 Å². The third-order valence-electron chi connectivity index (χ3n) is 4.21. The van der Waals surface area contributed by atoms with Crippen molar-refractivity contribution in [1.29, 1.82) is 0 Å². The van der Waals surface area contributed by atoms with E-state index in [0.29, 0.717) is 6.10 Å². The molecule has 0 aromatic rings. The molecule has 2 nitrogen and oxygen atoms in total. The first kappa shape index (κ1) is 9.17. The summed E-state index contributed by atoms with van der Waals surface area (Å²) >= 11 is 0. The lowest BCUT2D eigenvalue weighted by Crippen LogP contribution is -2.32. The standard InChI is InChI=1S/C12H21NO/c1-2-11(14-7-1)8-13-9-12(5-6-12)10-3-4-10/h10-11,13H,1-9H2. The lowest BCUT2D eigenvalue weighted by atomic mass is 10.0. The largest absolute Gasteiger partial charge is 0.377 e. The topological polar surface area (TPSA) is 21.3 Å². The third-order valence-corrected chi connectivity index (χ3v) is 4.21. The van der Waals surface area contributed by atoms with Gasteiger partial charge in [-0.25, -0.2) is 0 Å². The van der Waals surface area contributed by atoms with Crippen LogP contribution in [0, 0.1) is 11.3 Å². The molecule has 1 saturated heterocycles. The maximum absolute atomic E-state index is 5.60. The smallest absolute Gasteiger partial charge is 0.0700 e. The van der Waals surface area contributed by atoms with E-state index in [4.69, 9.17) is 4.74 Å². The second kappa shape index (κ2) is 3.49. The van der Waals surface area contributed by atoms with Gasteiger partial charge in [0.15, 0.2) is 0 Å². The van der Waals surface area contributed by atoms with Gasteiger partial charge >= 0.3 is 0 Å². The third kappa shape index (κ3) is 1.82. The maximum atomic E-state index is 5.60. The molecule has 1 heterocycles. The van der Waals surface area contributed by atoms with Crippen LogP contribution in [0.4, 0.5) is 0 Å². The van der Waals surface area contributed by atoms with Gasteiger partial charge in [0, 0.05) is 19.7 Å². The van der Waals surface area contributed by atoms with E-state index in [9.17, 15) is 0 Å². The second-order valence-electron chi connectivity index (χ2n) is 5.40. The summed E-state index contributed by atoms with van der Waals surface area (Å²) in [5.41, 5.74) is 0.749. The van der Waals surface area contributed by atoms with Crippen LogP contribution in [0.15, 0.2) is 0 Å². The van der Waals surface area contributed by atoms with E-state index in [1.165, 1.54) is 45.1 Å². The van der Waals surface area contributed by atoms with Crippen molar-refractivity contribution in [1.82, 2.24) is 5.32 Å². The Hall–Kier alpha value is -0.0800. The highest BCUT2D eigenvalue weighted by Crippen LogP contribution is 2.60. The molecule has 0 aromatic carbocycles. The van der Waals surface area contributed by atoms with E-state index in [1.807, 2.05) is 0 Å². The van der Waals surface area contributed by atoms with Gasteiger partial charge in [0.1, 0.15) is 0 Å². The maximum Gasteiger partial charge on any atom is 0.0700 e. The van der Waals surface area contributed by atoms with E-state index in [1.54, 1.807) is 0 Å². The van der Waals surface area contributed by atoms with Crippen molar-refractivity contribution in [3.63, 3.8) is 0 Å². The Morgan fingerprint density at radius 2 is 2.07 bits per heavy atom. The Balaban J connectivity index is 1.37. The van der Waals surface area contributed by atoms with Crippen molar-refractivity contribution in [3.8, 4) is 0 Å². The van der Waals surface area contributed by atoms with Gasteiger partial charge in [0.2, 0.25) is 0 Å². The summed E-state index contributed by atoms with van der Waals surface area (Å²) in [5.74, 6) is 1.08. The normalized spacial score (nSPS) is 34.7. The van der Waals surface area contributed by atoms with E-state index in [-0.39, 0.29) is 0 Å². The van der Waals surface area contributed by atoms with E-state index in [2.05, 4.69) is 5.32 Å². The van der Waals surface area contributed by atoms with E-state index >= 15 is 0 Å². The molecule has 14 heavy (non-hydrogen) atoms. The molecule has 1 aliphatic heterocycles. The number of rotatable bonds is 5. The van der Waals surface area contributed by atoms with Crippen molar-refractivity contribution < 1.29 is 4.74 Å². The Kier molecular flexibility index (Phi) is 2.29. The quantitative estimate of drug-likeness (QED) is 0.724. The molecule has 1 atom stereocenters. The fraction of sp³-hybridized carbons (Fsp3) is 1.00. The first-order chi connectivity index (χ1) is 6.89. The predicted octanol–water partition coefficient (Wildman–Crippen LogP) is 1.95. The molecule has 0 amide bonds. The zero-order valence-corrected chi connectivity index (χ0v) is 8.93. The van der Waals surface area contributed by atoms with Gasteiger partial charge in [0.25, 0.3) is 0 Å². The van der Waals surface area contributed by atoms with E-state index in [0.717, 1.165) is 24.5 Å². The molecule has 3 fully saturated rings. The molecule has 2 aliphatic carbocycles. The molecule has 80 valence electrons. The number of hydrogen-bond donors (Lipinski definition) is 1. The molecule has 0 aromatic heterocycles. The first-order valence-electron chi connectivity index (χ1n) is 6.21. The zero-order valence-electron chi connectivity index (χ0n) is 8.93. The summed E-state index contributed by atoms with van der Waals surface area (Å²) in [7, 11) is 0. The highest BCUT2D eigenvalue weighted by atomic mass is 16.5. The summed E-state index contributed by atoms with van der Waals surface area (Å²) in [6, 6.07) is 0. The molecular formula is C12H21NO. The number of hydrogen-bond acceptors (Lipinski definition) is 2. The second-order valence-corrected chi connectivity index (χ2v) is 5.40. The van der Waals surface area contributed by atoms with E-state index < -0.39 is 0 Å². The molecular weight excluding hydrogens is 174 g/mol. The Morgan fingerprint density at radius 3 is 2.64 bits per heavy atom. The highest BCUT2D eigenvalue weighted by molar-refractivity contribution is 5.05. The SMILES string of the molecule is C1COC(CNCC2(C3CC3)CC2)C1. The highest BCUT2D eigenvalue weighted by Gasteiger charge is 2.53.